The van der Waals surface area contributed by atoms with Crippen molar-refractivity contribution in [3.63, 3.8) is 0 Å². The largest absolute Gasteiger partial charge is 0.301 e. The number of nitrogens with one attached hydrogen (secondary N) is 1. The molecule has 1 aromatic rings. The molecule has 0 fully saturated rings. The smallest absolute Gasteiger partial charge is 0.0982 e. The molecule has 0 radical (unpaired) electrons. The molecule has 4 heteroatoms. The SMILES string of the molecule is CC(C)CONCc1csc(C(C)(C)C)n1. The first-order valence-electron chi connectivity index (χ1n) is 5.69. The van der Waals surface area contributed by atoms with Crippen LogP contribution in [0.15, 0.2) is 5.38 Å². The molecular formula is C12H22N2OS. The summed E-state index contributed by atoms with van der Waals surface area (Å²) in [7, 11) is 0. The van der Waals surface area contributed by atoms with Gasteiger partial charge in [-0.25, -0.2) is 4.98 Å². The summed E-state index contributed by atoms with van der Waals surface area (Å²) >= 11 is 1.71. The highest BCUT2D eigenvalue weighted by Crippen LogP contribution is 2.25. The van der Waals surface area contributed by atoms with Crippen molar-refractivity contribution in [3.8, 4) is 0 Å². The van der Waals surface area contributed by atoms with Crippen LogP contribution in [0.3, 0.4) is 0 Å². The van der Waals surface area contributed by atoms with E-state index >= 15 is 0 Å². The lowest BCUT2D eigenvalue weighted by molar-refractivity contribution is 0.0191. The van der Waals surface area contributed by atoms with Gasteiger partial charge in [0.05, 0.1) is 23.9 Å². The summed E-state index contributed by atoms with van der Waals surface area (Å²) in [6, 6.07) is 0. The molecule has 0 saturated heterocycles. The normalized spacial score (nSPS) is 12.4. The average Bonchev–Trinajstić information content (AvgIpc) is 2.59. The van der Waals surface area contributed by atoms with Gasteiger partial charge in [0.1, 0.15) is 0 Å². The summed E-state index contributed by atoms with van der Waals surface area (Å²) in [4.78, 5) is 9.88. The van der Waals surface area contributed by atoms with E-state index in [-0.39, 0.29) is 5.41 Å². The third-order valence-corrected chi connectivity index (χ3v) is 3.28. The van der Waals surface area contributed by atoms with E-state index in [9.17, 15) is 0 Å². The Hall–Kier alpha value is -0.450. The van der Waals surface area contributed by atoms with Crippen LogP contribution in [0.4, 0.5) is 0 Å². The molecular weight excluding hydrogens is 220 g/mol. The van der Waals surface area contributed by atoms with Crippen LogP contribution in [0, 0.1) is 5.92 Å². The minimum Gasteiger partial charge on any atom is -0.301 e. The Kier molecular flexibility index (Phi) is 4.89. The van der Waals surface area contributed by atoms with Crippen molar-refractivity contribution < 1.29 is 4.84 Å². The zero-order valence-electron chi connectivity index (χ0n) is 10.8. The monoisotopic (exact) mass is 242 g/mol. The maximum Gasteiger partial charge on any atom is 0.0982 e. The third-order valence-electron chi connectivity index (χ3n) is 1.97. The molecule has 1 heterocycles. The molecule has 0 saturated carbocycles. The minimum absolute atomic E-state index is 0.141. The molecule has 1 N–H and O–H groups in total. The first-order chi connectivity index (χ1) is 7.39. The highest BCUT2D eigenvalue weighted by atomic mass is 32.1. The van der Waals surface area contributed by atoms with Crippen molar-refractivity contribution in [2.45, 2.75) is 46.6 Å². The number of rotatable bonds is 5. The average molecular weight is 242 g/mol. The second-order valence-corrected chi connectivity index (χ2v) is 6.28. The van der Waals surface area contributed by atoms with Crippen LogP contribution in [-0.4, -0.2) is 11.6 Å². The first-order valence-corrected chi connectivity index (χ1v) is 6.57. The highest BCUT2D eigenvalue weighted by molar-refractivity contribution is 7.09. The number of hydrogen-bond acceptors (Lipinski definition) is 4. The van der Waals surface area contributed by atoms with Gasteiger partial charge in [-0.2, -0.15) is 5.48 Å². The topological polar surface area (TPSA) is 34.1 Å². The van der Waals surface area contributed by atoms with Crippen molar-refractivity contribution in [1.29, 1.82) is 0 Å². The number of thiazole rings is 1. The van der Waals surface area contributed by atoms with Gasteiger partial charge in [0, 0.05) is 10.8 Å². The fourth-order valence-corrected chi connectivity index (χ4v) is 1.99. The van der Waals surface area contributed by atoms with Crippen LogP contribution < -0.4 is 5.48 Å². The molecule has 0 aliphatic rings. The molecule has 0 unspecified atom stereocenters. The van der Waals surface area contributed by atoms with E-state index in [4.69, 9.17) is 4.84 Å². The molecule has 0 aromatic carbocycles. The molecule has 1 rings (SSSR count). The highest BCUT2D eigenvalue weighted by Gasteiger charge is 2.17. The predicted molar refractivity (Wildman–Crippen MR) is 68.4 cm³/mol. The van der Waals surface area contributed by atoms with E-state index in [2.05, 4.69) is 50.5 Å². The van der Waals surface area contributed by atoms with Crippen LogP contribution in [0.1, 0.15) is 45.3 Å². The van der Waals surface area contributed by atoms with E-state index < -0.39 is 0 Å². The quantitative estimate of drug-likeness (QED) is 0.636. The molecule has 0 spiro atoms. The standard InChI is InChI=1S/C12H22N2OS/c1-9(2)7-15-13-6-10-8-16-11(14-10)12(3,4)5/h8-9,13H,6-7H2,1-5H3. The van der Waals surface area contributed by atoms with E-state index in [0.29, 0.717) is 12.5 Å². The second kappa shape index (κ2) is 5.75. The maximum absolute atomic E-state index is 5.31. The number of hydroxylamine groups is 1. The van der Waals surface area contributed by atoms with Gasteiger partial charge in [-0.1, -0.05) is 34.6 Å². The van der Waals surface area contributed by atoms with E-state index in [1.54, 1.807) is 11.3 Å². The Bertz CT molecular complexity index is 315. The zero-order valence-corrected chi connectivity index (χ0v) is 11.6. The molecule has 0 amide bonds. The number of aromatic nitrogens is 1. The van der Waals surface area contributed by atoms with Crippen molar-refractivity contribution in [1.82, 2.24) is 10.5 Å². The van der Waals surface area contributed by atoms with Gasteiger partial charge in [0.15, 0.2) is 0 Å². The number of nitrogens with zero attached hydrogens (tertiary/aromatic N) is 1. The molecule has 0 atom stereocenters. The summed E-state index contributed by atoms with van der Waals surface area (Å²) in [6.07, 6.45) is 0. The van der Waals surface area contributed by atoms with Crippen LogP contribution in [0.2, 0.25) is 0 Å². The summed E-state index contributed by atoms with van der Waals surface area (Å²) < 4.78 is 0. The Morgan fingerprint density at radius 1 is 1.44 bits per heavy atom. The van der Waals surface area contributed by atoms with Gasteiger partial charge in [-0.3, -0.25) is 0 Å². The molecule has 0 aliphatic carbocycles. The van der Waals surface area contributed by atoms with E-state index in [0.717, 1.165) is 12.3 Å². The molecule has 92 valence electrons. The lowest BCUT2D eigenvalue weighted by Crippen LogP contribution is -2.18. The Morgan fingerprint density at radius 2 is 2.12 bits per heavy atom. The van der Waals surface area contributed by atoms with Gasteiger partial charge in [0.2, 0.25) is 0 Å². The van der Waals surface area contributed by atoms with Gasteiger partial charge in [-0.15, -0.1) is 11.3 Å². The predicted octanol–water partition coefficient (Wildman–Crippen LogP) is 3.12. The fourth-order valence-electron chi connectivity index (χ4n) is 1.08. The molecule has 0 bridgehead atoms. The van der Waals surface area contributed by atoms with E-state index in [1.165, 1.54) is 5.01 Å². The Morgan fingerprint density at radius 3 is 2.62 bits per heavy atom. The summed E-state index contributed by atoms with van der Waals surface area (Å²) in [5.41, 5.74) is 4.14. The van der Waals surface area contributed by atoms with Gasteiger partial charge >= 0.3 is 0 Å². The molecule has 1 aromatic heterocycles. The number of hydrogen-bond donors (Lipinski definition) is 1. The van der Waals surface area contributed by atoms with Crippen molar-refractivity contribution in [2.24, 2.45) is 5.92 Å². The van der Waals surface area contributed by atoms with Gasteiger partial charge < -0.3 is 4.84 Å². The Labute approximate surface area is 102 Å². The summed E-state index contributed by atoms with van der Waals surface area (Å²) in [5, 5.41) is 3.26. The third kappa shape index (κ3) is 4.60. The molecule has 0 aliphatic heterocycles. The van der Waals surface area contributed by atoms with E-state index in [1.807, 2.05) is 0 Å². The van der Waals surface area contributed by atoms with Crippen LogP contribution in [-0.2, 0) is 16.8 Å². The summed E-state index contributed by atoms with van der Waals surface area (Å²) in [6.45, 7) is 12.2. The maximum atomic E-state index is 5.31. The van der Waals surface area contributed by atoms with Crippen LogP contribution in [0.25, 0.3) is 0 Å². The lowest BCUT2D eigenvalue weighted by Gasteiger charge is -2.13. The van der Waals surface area contributed by atoms with Crippen molar-refractivity contribution in [3.05, 3.63) is 16.1 Å². The lowest BCUT2D eigenvalue weighted by atomic mass is 9.98. The van der Waals surface area contributed by atoms with Crippen molar-refractivity contribution >= 4 is 11.3 Å². The van der Waals surface area contributed by atoms with Gasteiger partial charge in [-0.05, 0) is 5.92 Å². The van der Waals surface area contributed by atoms with Gasteiger partial charge in [0.25, 0.3) is 0 Å². The zero-order chi connectivity index (χ0) is 12.2. The van der Waals surface area contributed by atoms with Crippen LogP contribution in [0.5, 0.6) is 0 Å². The Balaban J connectivity index is 2.36. The molecule has 16 heavy (non-hydrogen) atoms. The summed E-state index contributed by atoms with van der Waals surface area (Å²) in [5.74, 6) is 0.549. The first kappa shape index (κ1) is 13.6. The van der Waals surface area contributed by atoms with Crippen molar-refractivity contribution in [2.75, 3.05) is 6.61 Å². The second-order valence-electron chi connectivity index (χ2n) is 5.42. The minimum atomic E-state index is 0.141. The fraction of sp³-hybridized carbons (Fsp3) is 0.750. The molecule has 3 nitrogen and oxygen atoms in total. The van der Waals surface area contributed by atoms with Crippen LogP contribution >= 0.6 is 11.3 Å².